The Balaban J connectivity index is 1.36. The number of aromatic nitrogens is 2. The Morgan fingerprint density at radius 1 is 0.935 bits per heavy atom. The molecule has 154 valence electrons. The van der Waals surface area contributed by atoms with Gasteiger partial charge in [-0.25, -0.2) is 0 Å². The number of amides is 1. The molecule has 0 spiro atoms. The van der Waals surface area contributed by atoms with E-state index in [1.807, 2.05) is 59.5 Å². The fourth-order valence-electron chi connectivity index (χ4n) is 3.98. The van der Waals surface area contributed by atoms with Gasteiger partial charge in [-0.15, -0.1) is 0 Å². The molecule has 5 nitrogen and oxygen atoms in total. The molecule has 1 aromatic heterocycles. The van der Waals surface area contributed by atoms with Gasteiger partial charge in [-0.05, 0) is 48.2 Å². The summed E-state index contributed by atoms with van der Waals surface area (Å²) in [6, 6.07) is 24.9. The lowest BCUT2D eigenvalue weighted by Crippen LogP contribution is -2.30. The van der Waals surface area contributed by atoms with Gasteiger partial charge in [-0.2, -0.15) is 4.98 Å². The van der Waals surface area contributed by atoms with Crippen molar-refractivity contribution in [1.29, 1.82) is 0 Å². The molecule has 2 heterocycles. The maximum Gasteiger partial charge on any atom is 0.254 e. The van der Waals surface area contributed by atoms with E-state index < -0.39 is 0 Å². The number of likely N-dealkylation sites (tertiary alicyclic amines) is 1. The van der Waals surface area contributed by atoms with Crippen LogP contribution in [0.1, 0.15) is 35.1 Å². The van der Waals surface area contributed by atoms with Gasteiger partial charge >= 0.3 is 0 Å². The summed E-state index contributed by atoms with van der Waals surface area (Å²) in [7, 11) is 0. The van der Waals surface area contributed by atoms with Crippen LogP contribution < -0.4 is 0 Å². The summed E-state index contributed by atoms with van der Waals surface area (Å²) in [6.45, 7) is 0.665. The minimum absolute atomic E-state index is 0.0235. The van der Waals surface area contributed by atoms with Crippen LogP contribution in [0, 0.1) is 0 Å². The van der Waals surface area contributed by atoms with E-state index in [0.29, 0.717) is 28.8 Å². The molecule has 1 amide bonds. The fraction of sp³-hybridized carbons (Fsp3) is 0.160. The second kappa shape index (κ2) is 8.36. The minimum atomic E-state index is -0.221. The average molecular weight is 430 g/mol. The van der Waals surface area contributed by atoms with E-state index in [1.165, 1.54) is 0 Å². The highest BCUT2D eigenvalue weighted by Gasteiger charge is 2.34. The number of hydrogen-bond acceptors (Lipinski definition) is 4. The zero-order valence-electron chi connectivity index (χ0n) is 16.7. The maximum atomic E-state index is 13.2. The molecule has 5 rings (SSSR count). The number of carbonyl (C=O) groups excluding carboxylic acids is 1. The number of carbonyl (C=O) groups is 1. The van der Waals surface area contributed by atoms with Gasteiger partial charge in [0, 0.05) is 22.7 Å². The monoisotopic (exact) mass is 429 g/mol. The normalized spacial score (nSPS) is 15.9. The molecule has 3 aromatic carbocycles. The Kier molecular flexibility index (Phi) is 5.26. The van der Waals surface area contributed by atoms with Gasteiger partial charge in [0.2, 0.25) is 11.7 Å². The zero-order valence-corrected chi connectivity index (χ0v) is 17.5. The molecule has 1 unspecified atom stereocenters. The van der Waals surface area contributed by atoms with Gasteiger partial charge in [0.25, 0.3) is 5.91 Å². The molecule has 31 heavy (non-hydrogen) atoms. The number of rotatable bonds is 4. The van der Waals surface area contributed by atoms with Gasteiger partial charge in [-0.3, -0.25) is 4.79 Å². The number of halogens is 1. The van der Waals surface area contributed by atoms with Gasteiger partial charge in [-0.1, -0.05) is 71.4 Å². The van der Waals surface area contributed by atoms with Crippen molar-refractivity contribution in [2.45, 2.75) is 18.9 Å². The van der Waals surface area contributed by atoms with E-state index in [4.69, 9.17) is 16.1 Å². The van der Waals surface area contributed by atoms with Crippen LogP contribution in [0.5, 0.6) is 0 Å². The van der Waals surface area contributed by atoms with Gasteiger partial charge in [0.15, 0.2) is 0 Å². The van der Waals surface area contributed by atoms with Crippen LogP contribution in [0.15, 0.2) is 83.4 Å². The Bertz CT molecular complexity index is 1200. The van der Waals surface area contributed by atoms with Crippen molar-refractivity contribution >= 4 is 17.5 Å². The third-order valence-electron chi connectivity index (χ3n) is 5.56. The Labute approximate surface area is 185 Å². The molecule has 0 saturated carbocycles. The highest BCUT2D eigenvalue weighted by molar-refractivity contribution is 6.30. The maximum absolute atomic E-state index is 13.2. The zero-order chi connectivity index (χ0) is 21.2. The standard InChI is InChI=1S/C25H20ClN3O2/c26-21-9-4-8-20(16-21)23-27-24(31-28-23)22-10-5-15-29(22)25(30)19-13-11-18(12-14-19)17-6-2-1-3-7-17/h1-4,6-9,11-14,16,22H,5,10,15H2. The molecule has 6 heteroatoms. The van der Waals surface area contributed by atoms with Gasteiger partial charge < -0.3 is 9.42 Å². The molecule has 1 aliphatic heterocycles. The summed E-state index contributed by atoms with van der Waals surface area (Å²) >= 11 is 6.07. The molecule has 1 fully saturated rings. The first kappa shape index (κ1) is 19.5. The summed E-state index contributed by atoms with van der Waals surface area (Å²) in [5.74, 6) is 0.912. The Hall–Kier alpha value is -3.44. The molecule has 0 radical (unpaired) electrons. The SMILES string of the molecule is O=C(c1ccc(-c2ccccc2)cc1)N1CCCC1c1nc(-c2cccc(Cl)c2)no1. The molecule has 0 aliphatic carbocycles. The molecule has 1 atom stereocenters. The van der Waals surface area contributed by atoms with Crippen LogP contribution in [0.2, 0.25) is 5.02 Å². The summed E-state index contributed by atoms with van der Waals surface area (Å²) in [5, 5.41) is 4.71. The average Bonchev–Trinajstić information content (AvgIpc) is 3.49. The molecular formula is C25H20ClN3O2. The smallest absolute Gasteiger partial charge is 0.254 e. The van der Waals surface area contributed by atoms with Crippen molar-refractivity contribution < 1.29 is 9.32 Å². The quantitative estimate of drug-likeness (QED) is 0.397. The molecule has 0 N–H and O–H groups in total. The lowest BCUT2D eigenvalue weighted by molar-refractivity contribution is 0.0710. The Morgan fingerprint density at radius 3 is 2.45 bits per heavy atom. The van der Waals surface area contributed by atoms with Crippen molar-refractivity contribution in [1.82, 2.24) is 15.0 Å². The van der Waals surface area contributed by atoms with Crippen LogP contribution in [0.25, 0.3) is 22.5 Å². The number of benzene rings is 3. The summed E-state index contributed by atoms with van der Waals surface area (Å²) in [5.41, 5.74) is 3.65. The second-order valence-electron chi connectivity index (χ2n) is 7.57. The minimum Gasteiger partial charge on any atom is -0.337 e. The van der Waals surface area contributed by atoms with E-state index in [2.05, 4.69) is 22.3 Å². The highest BCUT2D eigenvalue weighted by atomic mass is 35.5. The lowest BCUT2D eigenvalue weighted by Gasteiger charge is -2.22. The van der Waals surface area contributed by atoms with Crippen molar-refractivity contribution in [2.24, 2.45) is 0 Å². The third-order valence-corrected chi connectivity index (χ3v) is 5.80. The Morgan fingerprint density at radius 2 is 1.68 bits per heavy atom. The lowest BCUT2D eigenvalue weighted by atomic mass is 10.0. The third kappa shape index (κ3) is 3.97. The number of nitrogens with zero attached hydrogens (tertiary/aromatic N) is 3. The van der Waals surface area contributed by atoms with Crippen LogP contribution in [0.3, 0.4) is 0 Å². The largest absolute Gasteiger partial charge is 0.337 e. The van der Waals surface area contributed by atoms with Crippen molar-refractivity contribution in [3.05, 3.63) is 95.3 Å². The van der Waals surface area contributed by atoms with Crippen molar-refractivity contribution in [2.75, 3.05) is 6.54 Å². The van der Waals surface area contributed by atoms with E-state index in [1.54, 1.807) is 12.1 Å². The second-order valence-corrected chi connectivity index (χ2v) is 8.00. The molecule has 1 aliphatic rings. The molecule has 1 saturated heterocycles. The predicted octanol–water partition coefficient (Wildman–Crippen LogP) is 6.03. The topological polar surface area (TPSA) is 59.2 Å². The highest BCUT2D eigenvalue weighted by Crippen LogP contribution is 2.33. The van der Waals surface area contributed by atoms with Crippen LogP contribution in [-0.2, 0) is 0 Å². The van der Waals surface area contributed by atoms with Gasteiger partial charge in [0.1, 0.15) is 6.04 Å². The van der Waals surface area contributed by atoms with E-state index >= 15 is 0 Å². The summed E-state index contributed by atoms with van der Waals surface area (Å²) in [6.07, 6.45) is 1.69. The first-order valence-electron chi connectivity index (χ1n) is 10.2. The van der Waals surface area contributed by atoms with Crippen LogP contribution in [0.4, 0.5) is 0 Å². The first-order chi connectivity index (χ1) is 15.2. The molecule has 0 bridgehead atoms. The summed E-state index contributed by atoms with van der Waals surface area (Å²) < 4.78 is 5.54. The molecular weight excluding hydrogens is 410 g/mol. The van der Waals surface area contributed by atoms with Crippen molar-refractivity contribution in [3.8, 4) is 22.5 Å². The van der Waals surface area contributed by atoms with E-state index in [9.17, 15) is 4.79 Å². The van der Waals surface area contributed by atoms with Crippen molar-refractivity contribution in [3.63, 3.8) is 0 Å². The van der Waals surface area contributed by atoms with E-state index in [0.717, 1.165) is 29.5 Å². The van der Waals surface area contributed by atoms with Crippen LogP contribution in [-0.4, -0.2) is 27.5 Å². The summed E-state index contributed by atoms with van der Waals surface area (Å²) in [4.78, 5) is 19.6. The van der Waals surface area contributed by atoms with E-state index in [-0.39, 0.29) is 11.9 Å². The van der Waals surface area contributed by atoms with Crippen LogP contribution >= 0.6 is 11.6 Å². The van der Waals surface area contributed by atoms with Gasteiger partial charge in [0.05, 0.1) is 0 Å². The fourth-order valence-corrected chi connectivity index (χ4v) is 4.17. The predicted molar refractivity (Wildman–Crippen MR) is 120 cm³/mol. The first-order valence-corrected chi connectivity index (χ1v) is 10.6. The number of hydrogen-bond donors (Lipinski definition) is 0. The molecule has 4 aromatic rings.